The summed E-state index contributed by atoms with van der Waals surface area (Å²) in [7, 11) is 0. The zero-order valence-electron chi connectivity index (χ0n) is 14.8. The molecular weight excluding hydrogens is 322 g/mol. The number of hydrogen-bond donors (Lipinski definition) is 1. The summed E-state index contributed by atoms with van der Waals surface area (Å²) in [4.78, 5) is 24.1. The van der Waals surface area contributed by atoms with E-state index < -0.39 is 0 Å². The van der Waals surface area contributed by atoms with Gasteiger partial charge in [-0.2, -0.15) is 0 Å². The fourth-order valence-corrected chi connectivity index (χ4v) is 3.59. The van der Waals surface area contributed by atoms with Crippen molar-refractivity contribution >= 4 is 23.2 Å². The summed E-state index contributed by atoms with van der Waals surface area (Å²) in [6, 6.07) is 7.98. The Morgan fingerprint density at radius 2 is 1.71 bits per heavy atom. The first-order valence-corrected chi connectivity index (χ1v) is 9.29. The summed E-state index contributed by atoms with van der Waals surface area (Å²) >= 11 is 5.97. The summed E-state index contributed by atoms with van der Waals surface area (Å²) in [6.45, 7) is 6.23. The standard InChI is InChI=1S/C20H28ClNO2/c1-13(2)20(24)19(16-4-8-17(21)9-5-16)12-22-18-10-6-15(7-11-18)14(3)23/h4-5,8-9,13,15,18-19,22H,6-7,10-12H2,1-3H3/t15?,18?,19-/m1/s1. The van der Waals surface area contributed by atoms with Crippen LogP contribution in [0.1, 0.15) is 57.9 Å². The monoisotopic (exact) mass is 349 g/mol. The first-order chi connectivity index (χ1) is 11.4. The summed E-state index contributed by atoms with van der Waals surface area (Å²) in [6.07, 6.45) is 3.92. The highest BCUT2D eigenvalue weighted by Crippen LogP contribution is 2.26. The van der Waals surface area contributed by atoms with E-state index in [1.165, 1.54) is 0 Å². The van der Waals surface area contributed by atoms with E-state index in [9.17, 15) is 9.59 Å². The SMILES string of the molecule is CC(=O)C1CCC(NC[C@@H](C(=O)C(C)C)c2ccc(Cl)cc2)CC1. The fourth-order valence-electron chi connectivity index (χ4n) is 3.47. The van der Waals surface area contributed by atoms with Crippen LogP contribution in [0.5, 0.6) is 0 Å². The van der Waals surface area contributed by atoms with Crippen LogP contribution in [-0.2, 0) is 9.59 Å². The number of ketones is 2. The predicted octanol–water partition coefficient (Wildman–Crippen LogP) is 4.39. The molecule has 0 heterocycles. The highest BCUT2D eigenvalue weighted by Gasteiger charge is 2.27. The van der Waals surface area contributed by atoms with Crippen molar-refractivity contribution in [1.29, 1.82) is 0 Å². The van der Waals surface area contributed by atoms with Crippen LogP contribution in [-0.4, -0.2) is 24.2 Å². The third-order valence-corrected chi connectivity index (χ3v) is 5.35. The second kappa shape index (κ2) is 8.77. The summed E-state index contributed by atoms with van der Waals surface area (Å²) in [5.74, 6) is 0.644. The maximum Gasteiger partial charge on any atom is 0.144 e. The van der Waals surface area contributed by atoms with E-state index in [2.05, 4.69) is 5.32 Å². The molecule has 1 aromatic rings. The van der Waals surface area contributed by atoms with Crippen molar-refractivity contribution < 1.29 is 9.59 Å². The molecule has 1 atom stereocenters. The third-order valence-electron chi connectivity index (χ3n) is 5.10. The quantitative estimate of drug-likeness (QED) is 0.794. The maximum atomic E-state index is 12.6. The van der Waals surface area contributed by atoms with Gasteiger partial charge in [0.1, 0.15) is 11.6 Å². The summed E-state index contributed by atoms with van der Waals surface area (Å²) in [5.41, 5.74) is 1.02. The van der Waals surface area contributed by atoms with Crippen molar-refractivity contribution in [3.63, 3.8) is 0 Å². The Bertz CT molecular complexity index is 560. The number of rotatable bonds is 7. The molecule has 132 valence electrons. The van der Waals surface area contributed by atoms with Gasteiger partial charge in [-0.1, -0.05) is 37.6 Å². The van der Waals surface area contributed by atoms with Crippen LogP contribution in [0.15, 0.2) is 24.3 Å². The molecule has 1 aromatic carbocycles. The second-order valence-electron chi connectivity index (χ2n) is 7.23. The minimum absolute atomic E-state index is 0.000859. The highest BCUT2D eigenvalue weighted by molar-refractivity contribution is 6.30. The van der Waals surface area contributed by atoms with Crippen molar-refractivity contribution in [3.8, 4) is 0 Å². The molecule has 0 radical (unpaired) electrons. The third kappa shape index (κ3) is 5.15. The van der Waals surface area contributed by atoms with Crippen LogP contribution < -0.4 is 5.32 Å². The lowest BCUT2D eigenvalue weighted by atomic mass is 9.83. The van der Waals surface area contributed by atoms with Crippen molar-refractivity contribution in [2.24, 2.45) is 11.8 Å². The molecule has 0 spiro atoms. The van der Waals surface area contributed by atoms with Gasteiger partial charge in [0.15, 0.2) is 0 Å². The Labute approximate surface area is 150 Å². The van der Waals surface area contributed by atoms with E-state index in [1.54, 1.807) is 6.92 Å². The van der Waals surface area contributed by atoms with Gasteiger partial charge in [-0.25, -0.2) is 0 Å². The van der Waals surface area contributed by atoms with Crippen LogP contribution >= 0.6 is 11.6 Å². The average Bonchev–Trinajstić information content (AvgIpc) is 2.56. The van der Waals surface area contributed by atoms with Gasteiger partial charge < -0.3 is 5.32 Å². The minimum atomic E-state index is -0.146. The van der Waals surface area contributed by atoms with E-state index >= 15 is 0 Å². The lowest BCUT2D eigenvalue weighted by Crippen LogP contribution is -2.39. The molecule has 24 heavy (non-hydrogen) atoms. The van der Waals surface area contributed by atoms with Crippen LogP contribution in [0.4, 0.5) is 0 Å². The zero-order chi connectivity index (χ0) is 17.7. The van der Waals surface area contributed by atoms with Gasteiger partial charge in [0.25, 0.3) is 0 Å². The molecule has 0 aromatic heterocycles. The summed E-state index contributed by atoms with van der Waals surface area (Å²) < 4.78 is 0. The van der Waals surface area contributed by atoms with Gasteiger partial charge in [-0.15, -0.1) is 0 Å². The molecule has 1 aliphatic carbocycles. The number of carbonyl (C=O) groups is 2. The number of benzene rings is 1. The largest absolute Gasteiger partial charge is 0.313 e. The minimum Gasteiger partial charge on any atom is -0.313 e. The van der Waals surface area contributed by atoms with Crippen LogP contribution in [0.2, 0.25) is 5.02 Å². The van der Waals surface area contributed by atoms with Gasteiger partial charge in [0, 0.05) is 29.4 Å². The van der Waals surface area contributed by atoms with E-state index in [-0.39, 0.29) is 23.5 Å². The number of nitrogens with one attached hydrogen (secondary N) is 1. The lowest BCUT2D eigenvalue weighted by molar-refractivity contribution is -0.123. The topological polar surface area (TPSA) is 46.2 Å². The average molecular weight is 350 g/mol. The van der Waals surface area contributed by atoms with Gasteiger partial charge in [-0.05, 0) is 50.3 Å². The summed E-state index contributed by atoms with van der Waals surface area (Å²) in [5, 5.41) is 4.25. The molecule has 4 heteroatoms. The molecule has 1 N–H and O–H groups in total. The molecule has 3 nitrogen and oxygen atoms in total. The predicted molar refractivity (Wildman–Crippen MR) is 98.5 cm³/mol. The number of Topliss-reactive ketones (excluding diaryl/α,β-unsaturated/α-hetero) is 2. The Kier molecular flexibility index (Phi) is 7.00. The Morgan fingerprint density at radius 3 is 2.21 bits per heavy atom. The molecule has 0 amide bonds. The normalized spacial score (nSPS) is 22.4. The zero-order valence-corrected chi connectivity index (χ0v) is 15.6. The van der Waals surface area contributed by atoms with Crippen molar-refractivity contribution in [2.75, 3.05) is 6.54 Å². The highest BCUT2D eigenvalue weighted by atomic mass is 35.5. The van der Waals surface area contributed by atoms with Gasteiger partial charge in [-0.3, -0.25) is 9.59 Å². The molecule has 1 fully saturated rings. The van der Waals surface area contributed by atoms with E-state index in [4.69, 9.17) is 11.6 Å². The first-order valence-electron chi connectivity index (χ1n) is 8.91. The first kappa shape index (κ1) is 19.1. The van der Waals surface area contributed by atoms with Gasteiger partial charge in [0.2, 0.25) is 0 Å². The number of halogens is 1. The molecule has 0 saturated heterocycles. The van der Waals surface area contributed by atoms with E-state index in [0.717, 1.165) is 31.2 Å². The van der Waals surface area contributed by atoms with Crippen LogP contribution in [0.25, 0.3) is 0 Å². The van der Waals surface area contributed by atoms with E-state index in [0.29, 0.717) is 23.4 Å². The van der Waals surface area contributed by atoms with Crippen molar-refractivity contribution in [2.45, 2.75) is 58.4 Å². The lowest BCUT2D eigenvalue weighted by Gasteiger charge is -2.29. The number of hydrogen-bond acceptors (Lipinski definition) is 3. The molecule has 1 aliphatic rings. The number of carbonyl (C=O) groups excluding carboxylic acids is 2. The molecule has 1 saturated carbocycles. The van der Waals surface area contributed by atoms with Crippen molar-refractivity contribution in [3.05, 3.63) is 34.9 Å². The second-order valence-corrected chi connectivity index (χ2v) is 7.67. The fraction of sp³-hybridized carbons (Fsp3) is 0.600. The van der Waals surface area contributed by atoms with E-state index in [1.807, 2.05) is 38.1 Å². The molecule has 0 bridgehead atoms. The Balaban J connectivity index is 1.98. The maximum absolute atomic E-state index is 12.6. The van der Waals surface area contributed by atoms with Gasteiger partial charge in [0.05, 0.1) is 5.92 Å². The molecule has 0 unspecified atom stereocenters. The smallest absolute Gasteiger partial charge is 0.144 e. The van der Waals surface area contributed by atoms with Crippen LogP contribution in [0, 0.1) is 11.8 Å². The molecule has 2 rings (SSSR count). The van der Waals surface area contributed by atoms with Crippen LogP contribution in [0.3, 0.4) is 0 Å². The molecular formula is C20H28ClNO2. The Hall–Kier alpha value is -1.19. The van der Waals surface area contributed by atoms with Crippen molar-refractivity contribution in [1.82, 2.24) is 5.32 Å². The molecule has 0 aliphatic heterocycles. The van der Waals surface area contributed by atoms with Gasteiger partial charge >= 0.3 is 0 Å². The Morgan fingerprint density at radius 1 is 1.12 bits per heavy atom.